The molecule has 1 atom stereocenters. The molecule has 0 unspecified atom stereocenters. The second-order valence-electron chi connectivity index (χ2n) is 4.53. The van der Waals surface area contributed by atoms with E-state index < -0.39 is 18.0 Å². The van der Waals surface area contributed by atoms with E-state index in [1.54, 1.807) is 6.92 Å². The van der Waals surface area contributed by atoms with Crippen LogP contribution in [0.2, 0.25) is 0 Å². The molecule has 0 amide bonds. The Hall–Kier alpha value is -2.24. The monoisotopic (exact) mass is 296 g/mol. The highest BCUT2D eigenvalue weighted by Crippen LogP contribution is 2.25. The summed E-state index contributed by atoms with van der Waals surface area (Å²) in [6.07, 6.45) is -0.173. The fraction of sp³-hybridized carbons (Fsp3) is 0.467. The minimum atomic E-state index is -1.06. The van der Waals surface area contributed by atoms with Crippen molar-refractivity contribution < 1.29 is 29.3 Å². The van der Waals surface area contributed by atoms with E-state index in [9.17, 15) is 19.8 Å². The fourth-order valence-corrected chi connectivity index (χ4v) is 1.62. The summed E-state index contributed by atoms with van der Waals surface area (Å²) in [5.41, 5.74) is 0.549. The van der Waals surface area contributed by atoms with Crippen LogP contribution in [-0.4, -0.2) is 34.9 Å². The van der Waals surface area contributed by atoms with Gasteiger partial charge in [0.2, 0.25) is 6.10 Å². The predicted molar refractivity (Wildman–Crippen MR) is 74.9 cm³/mol. The van der Waals surface area contributed by atoms with Gasteiger partial charge >= 0.3 is 11.9 Å². The number of esters is 2. The van der Waals surface area contributed by atoms with Crippen molar-refractivity contribution in [1.82, 2.24) is 0 Å². The van der Waals surface area contributed by atoms with Gasteiger partial charge in [0, 0.05) is 12.8 Å². The molecule has 2 N–H and O–H groups in total. The summed E-state index contributed by atoms with van der Waals surface area (Å²) in [7, 11) is 0. The van der Waals surface area contributed by atoms with Crippen LogP contribution in [0, 0.1) is 0 Å². The summed E-state index contributed by atoms with van der Waals surface area (Å²) in [4.78, 5) is 23.3. The number of phenolic OH excluding ortho intramolecular Hbond substituents is 2. The number of aromatic hydroxyl groups is 2. The Morgan fingerprint density at radius 1 is 1.19 bits per heavy atom. The van der Waals surface area contributed by atoms with Crippen molar-refractivity contribution in [2.75, 3.05) is 6.61 Å². The van der Waals surface area contributed by atoms with Crippen molar-refractivity contribution >= 4 is 11.9 Å². The third kappa shape index (κ3) is 5.33. The van der Waals surface area contributed by atoms with Crippen molar-refractivity contribution in [3.05, 3.63) is 23.8 Å². The van der Waals surface area contributed by atoms with Gasteiger partial charge in [-0.15, -0.1) is 0 Å². The number of hydrogen-bond acceptors (Lipinski definition) is 6. The third-order valence-corrected chi connectivity index (χ3v) is 2.73. The zero-order chi connectivity index (χ0) is 15.8. The van der Waals surface area contributed by atoms with Crippen LogP contribution in [0.5, 0.6) is 11.5 Å². The molecule has 1 aromatic carbocycles. The van der Waals surface area contributed by atoms with Crippen LogP contribution in [0.25, 0.3) is 0 Å². The molecule has 0 aliphatic carbocycles. The average molecular weight is 296 g/mol. The summed E-state index contributed by atoms with van der Waals surface area (Å²) in [6, 6.07) is 4.16. The number of carbonyl (C=O) groups excluding carboxylic acids is 2. The van der Waals surface area contributed by atoms with E-state index in [1.807, 2.05) is 6.92 Å². The molecule has 0 bridgehead atoms. The zero-order valence-corrected chi connectivity index (χ0v) is 12.2. The molecule has 0 fully saturated rings. The normalized spacial score (nSPS) is 11.7. The first-order chi connectivity index (χ1) is 9.97. The van der Waals surface area contributed by atoms with Crippen LogP contribution >= 0.6 is 0 Å². The molecule has 1 rings (SSSR count). The molecule has 0 radical (unpaired) electrons. The van der Waals surface area contributed by atoms with Gasteiger partial charge in [-0.1, -0.05) is 19.9 Å². The lowest BCUT2D eigenvalue weighted by Crippen LogP contribution is -2.31. The molecule has 0 heterocycles. The highest BCUT2D eigenvalue weighted by molar-refractivity contribution is 5.79. The first-order valence-corrected chi connectivity index (χ1v) is 6.84. The molecule has 1 aromatic rings. The molecule has 116 valence electrons. The van der Waals surface area contributed by atoms with E-state index in [1.165, 1.54) is 18.2 Å². The Bertz CT molecular complexity index is 497. The van der Waals surface area contributed by atoms with Crippen molar-refractivity contribution in [1.29, 1.82) is 0 Å². The predicted octanol–water partition coefficient (Wildman–Crippen LogP) is 1.92. The number of ether oxygens (including phenoxy) is 2. The summed E-state index contributed by atoms with van der Waals surface area (Å²) in [6.45, 7) is 3.74. The van der Waals surface area contributed by atoms with E-state index in [4.69, 9.17) is 9.47 Å². The van der Waals surface area contributed by atoms with Crippen molar-refractivity contribution in [3.8, 4) is 11.5 Å². The smallest absolute Gasteiger partial charge is 0.347 e. The topological polar surface area (TPSA) is 93.1 Å². The van der Waals surface area contributed by atoms with Gasteiger partial charge in [0.05, 0.1) is 6.61 Å². The van der Waals surface area contributed by atoms with Crippen LogP contribution in [0.15, 0.2) is 18.2 Å². The maximum absolute atomic E-state index is 11.9. The quantitative estimate of drug-likeness (QED) is 0.590. The number of carbonyl (C=O) groups is 2. The van der Waals surface area contributed by atoms with Gasteiger partial charge in [-0.25, -0.2) is 4.79 Å². The van der Waals surface area contributed by atoms with Gasteiger partial charge in [0.15, 0.2) is 11.5 Å². The van der Waals surface area contributed by atoms with E-state index in [0.717, 1.165) is 0 Å². The van der Waals surface area contributed by atoms with Gasteiger partial charge in [0.1, 0.15) is 0 Å². The van der Waals surface area contributed by atoms with E-state index in [0.29, 0.717) is 12.0 Å². The maximum atomic E-state index is 11.9. The summed E-state index contributed by atoms with van der Waals surface area (Å²) in [5.74, 6) is -1.67. The SMILES string of the molecule is CCCOC(=O)[C@@H](Cc1ccc(O)c(O)c1)OC(=O)CC. The highest BCUT2D eigenvalue weighted by Gasteiger charge is 2.24. The average Bonchev–Trinajstić information content (AvgIpc) is 2.47. The first-order valence-electron chi connectivity index (χ1n) is 6.84. The Balaban J connectivity index is 2.82. The molecule has 6 heteroatoms. The van der Waals surface area contributed by atoms with E-state index in [2.05, 4.69) is 0 Å². The second-order valence-corrected chi connectivity index (χ2v) is 4.53. The molecule has 0 aliphatic rings. The molecule has 0 spiro atoms. The van der Waals surface area contributed by atoms with Gasteiger partial charge < -0.3 is 19.7 Å². The lowest BCUT2D eigenvalue weighted by Gasteiger charge is -2.16. The molecular formula is C15H20O6. The van der Waals surface area contributed by atoms with Crippen molar-refractivity contribution in [2.24, 2.45) is 0 Å². The molecule has 0 aromatic heterocycles. The minimum absolute atomic E-state index is 0.0716. The summed E-state index contributed by atoms with van der Waals surface area (Å²) < 4.78 is 10.1. The molecule has 21 heavy (non-hydrogen) atoms. The van der Waals surface area contributed by atoms with Gasteiger partial charge in [-0.05, 0) is 24.1 Å². The van der Waals surface area contributed by atoms with Crippen molar-refractivity contribution in [3.63, 3.8) is 0 Å². The lowest BCUT2D eigenvalue weighted by molar-refractivity contribution is -0.167. The van der Waals surface area contributed by atoms with Gasteiger partial charge in [0.25, 0.3) is 0 Å². The van der Waals surface area contributed by atoms with Crippen LogP contribution in [-0.2, 0) is 25.5 Å². The Labute approximate surface area is 123 Å². The number of benzene rings is 1. The number of rotatable bonds is 7. The molecule has 0 aliphatic heterocycles. The van der Waals surface area contributed by atoms with Crippen molar-refractivity contribution in [2.45, 2.75) is 39.2 Å². The number of hydrogen-bond donors (Lipinski definition) is 2. The van der Waals surface area contributed by atoms with Gasteiger partial charge in [-0.2, -0.15) is 0 Å². The molecule has 0 saturated carbocycles. The Morgan fingerprint density at radius 2 is 1.90 bits per heavy atom. The van der Waals surface area contributed by atoms with Crippen LogP contribution in [0.3, 0.4) is 0 Å². The van der Waals surface area contributed by atoms with E-state index >= 15 is 0 Å². The van der Waals surface area contributed by atoms with E-state index in [-0.39, 0.29) is 30.9 Å². The summed E-state index contributed by atoms with van der Waals surface area (Å²) >= 11 is 0. The van der Waals surface area contributed by atoms with Crippen LogP contribution in [0.4, 0.5) is 0 Å². The first kappa shape index (κ1) is 16.8. The lowest BCUT2D eigenvalue weighted by atomic mass is 10.1. The van der Waals surface area contributed by atoms with Crippen LogP contribution < -0.4 is 0 Å². The molecule has 0 saturated heterocycles. The largest absolute Gasteiger partial charge is 0.504 e. The summed E-state index contributed by atoms with van der Waals surface area (Å²) in [5, 5.41) is 18.7. The van der Waals surface area contributed by atoms with Gasteiger partial charge in [-0.3, -0.25) is 4.79 Å². The zero-order valence-electron chi connectivity index (χ0n) is 12.2. The standard InChI is InChI=1S/C15H20O6/c1-3-7-20-15(19)13(21-14(18)4-2)9-10-5-6-11(16)12(17)8-10/h5-6,8,13,16-17H,3-4,7,9H2,1-2H3/t13-/m1/s1. The second kappa shape index (κ2) is 8.14. The number of phenols is 2. The third-order valence-electron chi connectivity index (χ3n) is 2.73. The fourth-order valence-electron chi connectivity index (χ4n) is 1.62. The highest BCUT2D eigenvalue weighted by atomic mass is 16.6. The Morgan fingerprint density at radius 3 is 2.48 bits per heavy atom. The maximum Gasteiger partial charge on any atom is 0.347 e. The Kier molecular flexibility index (Phi) is 6.52. The van der Waals surface area contributed by atoms with Crippen LogP contribution in [0.1, 0.15) is 32.3 Å². The molecule has 6 nitrogen and oxygen atoms in total. The minimum Gasteiger partial charge on any atom is -0.504 e. The molecular weight excluding hydrogens is 276 g/mol.